The van der Waals surface area contributed by atoms with Gasteiger partial charge in [-0.2, -0.15) is 0 Å². The smallest absolute Gasteiger partial charge is 0.275 e. The molecule has 1 saturated heterocycles. The topological polar surface area (TPSA) is 85.8 Å². The van der Waals surface area contributed by atoms with Crippen molar-refractivity contribution in [3.63, 3.8) is 0 Å². The Kier molecular flexibility index (Phi) is 6.32. The van der Waals surface area contributed by atoms with Gasteiger partial charge in [-0.3, -0.25) is 9.59 Å². The van der Waals surface area contributed by atoms with Crippen molar-refractivity contribution in [3.8, 4) is 22.6 Å². The number of aromatic nitrogens is 2. The van der Waals surface area contributed by atoms with Crippen LogP contribution in [-0.4, -0.2) is 60.9 Å². The van der Waals surface area contributed by atoms with E-state index in [2.05, 4.69) is 4.98 Å². The van der Waals surface area contributed by atoms with Gasteiger partial charge in [0, 0.05) is 48.5 Å². The van der Waals surface area contributed by atoms with Gasteiger partial charge in [-0.25, -0.2) is 0 Å². The van der Waals surface area contributed by atoms with Crippen molar-refractivity contribution in [2.45, 2.75) is 13.5 Å². The summed E-state index contributed by atoms with van der Waals surface area (Å²) in [5, 5.41) is 0.777. The molecular formula is C24H27N3O5. The lowest BCUT2D eigenvalue weighted by molar-refractivity contribution is 0.0300. The maximum atomic E-state index is 13.2. The van der Waals surface area contributed by atoms with Crippen molar-refractivity contribution in [2.75, 3.05) is 40.5 Å². The first-order valence-corrected chi connectivity index (χ1v) is 10.5. The van der Waals surface area contributed by atoms with Gasteiger partial charge in [-0.15, -0.1) is 0 Å². The molecule has 3 aromatic rings. The summed E-state index contributed by atoms with van der Waals surface area (Å²) in [6.07, 6.45) is 7.39. The van der Waals surface area contributed by atoms with Crippen LogP contribution < -0.4 is 15.0 Å². The number of morpholine rings is 1. The second-order valence-corrected chi connectivity index (χ2v) is 7.49. The zero-order chi connectivity index (χ0) is 22.7. The minimum absolute atomic E-state index is 0.100. The summed E-state index contributed by atoms with van der Waals surface area (Å²) >= 11 is 0. The molecule has 1 aliphatic rings. The van der Waals surface area contributed by atoms with Crippen LogP contribution in [0.25, 0.3) is 22.0 Å². The molecule has 4 rings (SSSR count). The fraction of sp³-hybridized carbons (Fsp3) is 0.333. The van der Waals surface area contributed by atoms with Crippen LogP contribution in [0.15, 0.2) is 47.5 Å². The summed E-state index contributed by atoms with van der Waals surface area (Å²) in [5.74, 6) is 0.855. The number of carbonyl (C=O) groups is 1. The predicted molar refractivity (Wildman–Crippen MR) is 123 cm³/mol. The van der Waals surface area contributed by atoms with Crippen molar-refractivity contribution in [1.82, 2.24) is 14.5 Å². The van der Waals surface area contributed by atoms with E-state index < -0.39 is 0 Å². The normalized spacial score (nSPS) is 14.3. The first-order valence-electron chi connectivity index (χ1n) is 10.5. The Morgan fingerprint density at radius 2 is 1.91 bits per heavy atom. The lowest BCUT2D eigenvalue weighted by atomic mass is 9.99. The number of ether oxygens (including phenoxy) is 3. The maximum Gasteiger partial charge on any atom is 0.275 e. The number of aromatic amines is 1. The number of amides is 1. The molecule has 0 bridgehead atoms. The van der Waals surface area contributed by atoms with E-state index in [1.807, 2.05) is 31.3 Å². The number of rotatable bonds is 6. The SMILES string of the molecule is C/C=C/Cn1cc(-c2cc(OC)c(C(=O)N3CCOCC3)cc2OC)c2cc[nH]c2c1=O. The Balaban J connectivity index is 1.88. The van der Waals surface area contributed by atoms with E-state index in [1.165, 1.54) is 0 Å². The van der Waals surface area contributed by atoms with Crippen LogP contribution in [0.5, 0.6) is 11.5 Å². The number of benzene rings is 1. The molecule has 0 atom stereocenters. The van der Waals surface area contributed by atoms with Crippen LogP contribution in [0.1, 0.15) is 17.3 Å². The lowest BCUT2D eigenvalue weighted by Gasteiger charge is -2.27. The third-order valence-electron chi connectivity index (χ3n) is 5.68. The van der Waals surface area contributed by atoms with E-state index in [1.54, 1.807) is 42.0 Å². The number of hydrogen-bond donors (Lipinski definition) is 1. The number of nitrogens with one attached hydrogen (secondary N) is 1. The zero-order valence-electron chi connectivity index (χ0n) is 18.5. The first kappa shape index (κ1) is 21.7. The summed E-state index contributed by atoms with van der Waals surface area (Å²) in [6, 6.07) is 5.38. The number of hydrogen-bond acceptors (Lipinski definition) is 5. The molecule has 168 valence electrons. The van der Waals surface area contributed by atoms with Crippen molar-refractivity contribution < 1.29 is 19.0 Å². The fourth-order valence-electron chi connectivity index (χ4n) is 3.98. The Morgan fingerprint density at radius 1 is 1.16 bits per heavy atom. The summed E-state index contributed by atoms with van der Waals surface area (Å²) in [4.78, 5) is 30.8. The average molecular weight is 437 g/mol. The molecule has 0 spiro atoms. The van der Waals surface area contributed by atoms with Gasteiger partial charge >= 0.3 is 0 Å². The molecule has 0 radical (unpaired) electrons. The molecule has 8 heteroatoms. The predicted octanol–water partition coefficient (Wildman–Crippen LogP) is 3.06. The summed E-state index contributed by atoms with van der Waals surface area (Å²) in [7, 11) is 3.11. The molecule has 1 aliphatic heterocycles. The van der Waals surface area contributed by atoms with E-state index in [0.717, 1.165) is 16.5 Å². The molecule has 0 saturated carbocycles. The van der Waals surface area contributed by atoms with Gasteiger partial charge in [-0.1, -0.05) is 12.2 Å². The maximum absolute atomic E-state index is 13.2. The number of fused-ring (bicyclic) bond motifs is 1. The van der Waals surface area contributed by atoms with Crippen molar-refractivity contribution >= 4 is 16.8 Å². The number of allylic oxidation sites excluding steroid dienone is 2. The van der Waals surface area contributed by atoms with E-state index >= 15 is 0 Å². The van der Waals surface area contributed by atoms with Crippen molar-refractivity contribution in [2.24, 2.45) is 0 Å². The van der Waals surface area contributed by atoms with E-state index in [9.17, 15) is 9.59 Å². The lowest BCUT2D eigenvalue weighted by Crippen LogP contribution is -2.40. The van der Waals surface area contributed by atoms with Gasteiger partial charge in [0.15, 0.2) is 0 Å². The van der Waals surface area contributed by atoms with E-state index in [-0.39, 0.29) is 11.5 Å². The Hall–Kier alpha value is -3.52. The number of methoxy groups -OCH3 is 2. The van der Waals surface area contributed by atoms with Crippen LogP contribution in [0, 0.1) is 0 Å². The first-order chi connectivity index (χ1) is 15.6. The van der Waals surface area contributed by atoms with Crippen LogP contribution in [0.4, 0.5) is 0 Å². The fourth-order valence-corrected chi connectivity index (χ4v) is 3.98. The molecule has 8 nitrogen and oxygen atoms in total. The summed E-state index contributed by atoms with van der Waals surface area (Å²) < 4.78 is 18.3. The summed E-state index contributed by atoms with van der Waals surface area (Å²) in [5.41, 5.74) is 2.40. The Labute approximate surface area is 186 Å². The second kappa shape index (κ2) is 9.32. The van der Waals surface area contributed by atoms with E-state index in [4.69, 9.17) is 14.2 Å². The van der Waals surface area contributed by atoms with Gasteiger partial charge in [0.1, 0.15) is 17.0 Å². The molecular weight excluding hydrogens is 410 g/mol. The number of carbonyl (C=O) groups excluding carboxylic acids is 1. The third kappa shape index (κ3) is 3.89. The molecule has 0 unspecified atom stereocenters. The monoisotopic (exact) mass is 437 g/mol. The van der Waals surface area contributed by atoms with Crippen LogP contribution in [0.2, 0.25) is 0 Å². The Bertz CT molecular complexity index is 1220. The average Bonchev–Trinajstić information content (AvgIpc) is 3.33. The molecule has 3 heterocycles. The second-order valence-electron chi connectivity index (χ2n) is 7.49. The highest BCUT2D eigenvalue weighted by molar-refractivity contribution is 6.01. The molecule has 0 aliphatic carbocycles. The van der Waals surface area contributed by atoms with Crippen LogP contribution >= 0.6 is 0 Å². The van der Waals surface area contributed by atoms with Gasteiger partial charge in [-0.05, 0) is 25.1 Å². The van der Waals surface area contributed by atoms with Crippen molar-refractivity contribution in [3.05, 3.63) is 58.7 Å². The van der Waals surface area contributed by atoms with Gasteiger partial charge in [0.2, 0.25) is 0 Å². The van der Waals surface area contributed by atoms with Gasteiger partial charge in [0.25, 0.3) is 11.5 Å². The van der Waals surface area contributed by atoms with Gasteiger partial charge in [0.05, 0.1) is 33.0 Å². The standard InChI is InChI=1S/C24H27N3O5/c1-4-5-8-27-15-19(16-6-7-25-22(16)24(27)29)17-13-21(31-3)18(14-20(17)30-2)23(28)26-9-11-32-12-10-26/h4-7,13-15,25H,8-12H2,1-3H3/b5-4+. The molecule has 1 N–H and O–H groups in total. The van der Waals surface area contributed by atoms with Gasteiger partial charge < -0.3 is 28.7 Å². The molecule has 1 aromatic carbocycles. The highest BCUT2D eigenvalue weighted by Crippen LogP contribution is 2.39. The number of H-pyrrole nitrogens is 1. The zero-order valence-corrected chi connectivity index (χ0v) is 18.5. The highest BCUT2D eigenvalue weighted by atomic mass is 16.5. The van der Waals surface area contributed by atoms with Crippen molar-refractivity contribution in [1.29, 1.82) is 0 Å². The minimum Gasteiger partial charge on any atom is -0.496 e. The number of nitrogens with zero attached hydrogens (tertiary/aromatic N) is 2. The van der Waals surface area contributed by atoms with Crippen LogP contribution in [0.3, 0.4) is 0 Å². The highest BCUT2D eigenvalue weighted by Gasteiger charge is 2.25. The summed E-state index contributed by atoms with van der Waals surface area (Å²) in [6.45, 7) is 4.46. The Morgan fingerprint density at radius 3 is 2.59 bits per heavy atom. The molecule has 1 amide bonds. The molecule has 2 aromatic heterocycles. The molecule has 32 heavy (non-hydrogen) atoms. The van der Waals surface area contributed by atoms with E-state index in [0.29, 0.717) is 55.4 Å². The molecule has 1 fully saturated rings. The van der Waals surface area contributed by atoms with Crippen LogP contribution in [-0.2, 0) is 11.3 Å². The minimum atomic E-state index is -0.125. The third-order valence-corrected chi connectivity index (χ3v) is 5.68. The quantitative estimate of drug-likeness (QED) is 0.599. The largest absolute Gasteiger partial charge is 0.496 e. The number of pyridine rings is 1.